The fraction of sp³-hybridized carbons (Fsp3) is 0.136. The number of ether oxygens (including phenoxy) is 1. The van der Waals surface area contributed by atoms with Crippen molar-refractivity contribution in [3.8, 4) is 11.8 Å². The highest BCUT2D eigenvalue weighted by Crippen LogP contribution is 2.25. The summed E-state index contributed by atoms with van der Waals surface area (Å²) in [6, 6.07) is 17.1. The van der Waals surface area contributed by atoms with Gasteiger partial charge < -0.3 is 4.74 Å². The molecular formula is C22H18ClN3O3. The van der Waals surface area contributed by atoms with Crippen LogP contribution in [0.25, 0.3) is 0 Å². The molecule has 3 aromatic rings. The molecule has 0 bridgehead atoms. The van der Waals surface area contributed by atoms with Gasteiger partial charge in [-0.25, -0.2) is 0 Å². The van der Waals surface area contributed by atoms with Crippen molar-refractivity contribution >= 4 is 23.3 Å². The molecule has 0 aliphatic carbocycles. The summed E-state index contributed by atoms with van der Waals surface area (Å²) in [6.07, 6.45) is 0. The molecule has 6 nitrogen and oxygen atoms in total. The van der Waals surface area contributed by atoms with Gasteiger partial charge in [0.15, 0.2) is 6.61 Å². The minimum absolute atomic E-state index is 0.220. The van der Waals surface area contributed by atoms with E-state index in [-0.39, 0.29) is 23.3 Å². The van der Waals surface area contributed by atoms with Gasteiger partial charge in [-0.3, -0.25) is 19.7 Å². The maximum Gasteiger partial charge on any atom is 0.270 e. The van der Waals surface area contributed by atoms with Crippen LogP contribution in [0.1, 0.15) is 37.7 Å². The lowest BCUT2D eigenvalue weighted by Crippen LogP contribution is -2.25. The molecule has 2 aromatic carbocycles. The van der Waals surface area contributed by atoms with Gasteiger partial charge in [-0.2, -0.15) is 5.26 Å². The van der Waals surface area contributed by atoms with Crippen LogP contribution in [0.4, 0.5) is 0 Å². The second-order valence-electron chi connectivity index (χ2n) is 6.40. The predicted molar refractivity (Wildman–Crippen MR) is 110 cm³/mol. The molecule has 3 rings (SSSR count). The van der Waals surface area contributed by atoms with Crippen LogP contribution in [0, 0.1) is 25.2 Å². The van der Waals surface area contributed by atoms with Gasteiger partial charge in [-0.15, -0.1) is 0 Å². The summed E-state index contributed by atoms with van der Waals surface area (Å²) in [7, 11) is 0. The number of Topliss-reactive ketones (excluding diaryl/α,β-unsaturated/α-hetero) is 1. The fourth-order valence-electron chi connectivity index (χ4n) is 2.88. The highest BCUT2D eigenvalue weighted by atomic mass is 35.5. The molecule has 1 amide bonds. The molecule has 0 saturated heterocycles. The zero-order valence-corrected chi connectivity index (χ0v) is 16.7. The molecule has 0 saturated carbocycles. The van der Waals surface area contributed by atoms with Gasteiger partial charge in [-0.05, 0) is 50.2 Å². The van der Waals surface area contributed by atoms with Crippen LogP contribution in [-0.2, 0) is 0 Å². The van der Waals surface area contributed by atoms with E-state index >= 15 is 0 Å². The number of nitrogens with one attached hydrogen (secondary N) is 1. The zero-order chi connectivity index (χ0) is 21.0. The third kappa shape index (κ3) is 4.48. The Morgan fingerprint density at radius 3 is 2.52 bits per heavy atom. The largest absolute Gasteiger partial charge is 0.484 e. The first-order chi connectivity index (χ1) is 13.9. The van der Waals surface area contributed by atoms with Crippen molar-refractivity contribution in [1.82, 2.24) is 4.68 Å². The molecule has 1 heterocycles. The van der Waals surface area contributed by atoms with E-state index in [1.807, 2.05) is 12.1 Å². The monoisotopic (exact) mass is 407 g/mol. The van der Waals surface area contributed by atoms with Crippen LogP contribution in [0.3, 0.4) is 0 Å². The molecule has 1 N–H and O–H groups in total. The van der Waals surface area contributed by atoms with E-state index in [2.05, 4.69) is 5.43 Å². The van der Waals surface area contributed by atoms with Gasteiger partial charge in [0.25, 0.3) is 5.91 Å². The summed E-state index contributed by atoms with van der Waals surface area (Å²) in [5.41, 5.74) is 5.49. The van der Waals surface area contributed by atoms with Crippen molar-refractivity contribution < 1.29 is 14.3 Å². The number of nitriles is 1. The summed E-state index contributed by atoms with van der Waals surface area (Å²) in [6.45, 7) is 3.33. The Morgan fingerprint density at radius 2 is 1.86 bits per heavy atom. The van der Waals surface area contributed by atoms with Crippen LogP contribution >= 0.6 is 11.6 Å². The molecule has 0 unspecified atom stereocenters. The molecule has 29 heavy (non-hydrogen) atoms. The quantitative estimate of drug-likeness (QED) is 0.618. The van der Waals surface area contributed by atoms with E-state index < -0.39 is 0 Å². The first-order valence-corrected chi connectivity index (χ1v) is 9.19. The molecule has 0 aliphatic heterocycles. The molecule has 0 fully saturated rings. The van der Waals surface area contributed by atoms with Gasteiger partial charge >= 0.3 is 0 Å². The van der Waals surface area contributed by atoms with Gasteiger partial charge in [0.05, 0.1) is 16.7 Å². The lowest BCUT2D eigenvalue weighted by Gasteiger charge is -2.12. The van der Waals surface area contributed by atoms with Crippen molar-refractivity contribution in [2.24, 2.45) is 0 Å². The number of halogens is 1. The van der Waals surface area contributed by atoms with Crippen LogP contribution in [0.15, 0.2) is 54.6 Å². The van der Waals surface area contributed by atoms with E-state index in [1.165, 1.54) is 6.07 Å². The number of aromatic nitrogens is 1. The number of hydrogen-bond acceptors (Lipinski definition) is 4. The topological polar surface area (TPSA) is 84.1 Å². The Kier molecular flexibility index (Phi) is 6.01. The minimum atomic E-state index is -0.271. The molecular weight excluding hydrogens is 390 g/mol. The number of amides is 1. The zero-order valence-electron chi connectivity index (χ0n) is 15.9. The van der Waals surface area contributed by atoms with Crippen LogP contribution in [0.2, 0.25) is 5.02 Å². The van der Waals surface area contributed by atoms with Crippen molar-refractivity contribution in [3.63, 3.8) is 0 Å². The van der Waals surface area contributed by atoms with Crippen LogP contribution in [-0.4, -0.2) is 23.0 Å². The lowest BCUT2D eigenvalue weighted by molar-refractivity contribution is 0.0919. The Labute approximate surface area is 173 Å². The maximum atomic E-state index is 12.6. The maximum absolute atomic E-state index is 12.6. The smallest absolute Gasteiger partial charge is 0.270 e. The van der Waals surface area contributed by atoms with Gasteiger partial charge in [0.2, 0.25) is 5.78 Å². The first-order valence-electron chi connectivity index (χ1n) is 8.81. The predicted octanol–water partition coefficient (Wildman–Crippen LogP) is 4.28. The fourth-order valence-corrected chi connectivity index (χ4v) is 3.12. The highest BCUT2D eigenvalue weighted by Gasteiger charge is 2.18. The average Bonchev–Trinajstić information content (AvgIpc) is 3.01. The summed E-state index contributed by atoms with van der Waals surface area (Å²) >= 11 is 6.07. The molecule has 0 spiro atoms. The number of benzene rings is 2. The normalized spacial score (nSPS) is 10.3. The minimum Gasteiger partial charge on any atom is -0.484 e. The second kappa shape index (κ2) is 8.63. The Bertz CT molecular complexity index is 1110. The van der Waals surface area contributed by atoms with Crippen molar-refractivity contribution in [1.29, 1.82) is 5.26 Å². The molecule has 146 valence electrons. The SMILES string of the molecule is Cc1cc(C(=O)COc2ccc(C#N)cc2Cl)c(C)n1NC(=O)c1ccccc1. The van der Waals surface area contributed by atoms with Crippen molar-refractivity contribution in [2.45, 2.75) is 13.8 Å². The highest BCUT2D eigenvalue weighted by molar-refractivity contribution is 6.32. The van der Waals surface area contributed by atoms with E-state index in [1.54, 1.807) is 61.0 Å². The van der Waals surface area contributed by atoms with E-state index in [0.717, 1.165) is 0 Å². The molecule has 0 aliphatic rings. The summed E-state index contributed by atoms with van der Waals surface area (Å²) in [5, 5.41) is 9.14. The van der Waals surface area contributed by atoms with Gasteiger partial charge in [-0.1, -0.05) is 29.8 Å². The number of aryl methyl sites for hydroxylation is 1. The third-order valence-electron chi connectivity index (χ3n) is 4.40. The first kappa shape index (κ1) is 20.2. The van der Waals surface area contributed by atoms with Crippen molar-refractivity contribution in [3.05, 3.63) is 87.7 Å². The standard InChI is InChI=1S/C22H18ClN3O3/c1-14-10-18(15(2)26(14)25-22(28)17-6-4-3-5-7-17)20(27)13-29-21-9-8-16(12-24)11-19(21)23/h3-11H,13H2,1-2H3,(H,25,28). The molecule has 0 atom stereocenters. The van der Waals surface area contributed by atoms with Crippen molar-refractivity contribution in [2.75, 3.05) is 12.0 Å². The Morgan fingerprint density at radius 1 is 1.14 bits per heavy atom. The summed E-state index contributed by atoms with van der Waals surface area (Å²) in [5.74, 6) is -0.198. The summed E-state index contributed by atoms with van der Waals surface area (Å²) < 4.78 is 7.10. The number of carbonyl (C=O) groups is 2. The second-order valence-corrected chi connectivity index (χ2v) is 6.80. The van der Waals surface area contributed by atoms with Gasteiger partial charge in [0.1, 0.15) is 5.75 Å². The lowest BCUT2D eigenvalue weighted by atomic mass is 10.1. The third-order valence-corrected chi connectivity index (χ3v) is 4.70. The Balaban J connectivity index is 1.73. The number of hydrogen-bond donors (Lipinski definition) is 1. The van der Waals surface area contributed by atoms with Gasteiger partial charge in [0, 0.05) is 22.5 Å². The molecule has 1 aromatic heterocycles. The summed E-state index contributed by atoms with van der Waals surface area (Å²) in [4.78, 5) is 25.1. The van der Waals surface area contributed by atoms with E-state index in [0.29, 0.717) is 33.8 Å². The van der Waals surface area contributed by atoms with E-state index in [4.69, 9.17) is 21.6 Å². The van der Waals surface area contributed by atoms with Crippen LogP contribution < -0.4 is 10.2 Å². The number of ketones is 1. The molecule has 0 radical (unpaired) electrons. The number of nitrogens with zero attached hydrogens (tertiary/aromatic N) is 2. The Hall–Kier alpha value is -3.56. The number of carbonyl (C=O) groups excluding carboxylic acids is 2. The average molecular weight is 408 g/mol. The molecule has 7 heteroatoms. The number of rotatable bonds is 6. The van der Waals surface area contributed by atoms with Crippen LogP contribution in [0.5, 0.6) is 5.75 Å². The van der Waals surface area contributed by atoms with E-state index in [9.17, 15) is 9.59 Å².